The number of hydrogen-bond acceptors (Lipinski definition) is 5. The standard InChI is InChI=1S/C19H21NO5S/c1-24-18(21)17(14-26(23)13-16-10-6-3-7-11-16)20-19(22)25-12-15-8-4-2-5-9-15/h2-11,17H,12-14H2,1H3,(H,20,22)/t17-,26?/m0/s1. The highest BCUT2D eigenvalue weighted by molar-refractivity contribution is 7.84. The lowest BCUT2D eigenvalue weighted by Crippen LogP contribution is -2.45. The summed E-state index contributed by atoms with van der Waals surface area (Å²) in [7, 11) is -0.136. The van der Waals surface area contributed by atoms with Crippen LogP contribution in [0.25, 0.3) is 0 Å². The van der Waals surface area contributed by atoms with Crippen molar-refractivity contribution in [2.45, 2.75) is 18.4 Å². The minimum Gasteiger partial charge on any atom is -0.467 e. The normalized spacial score (nSPS) is 12.7. The average molecular weight is 375 g/mol. The molecule has 2 atom stereocenters. The van der Waals surface area contributed by atoms with E-state index in [-0.39, 0.29) is 18.1 Å². The van der Waals surface area contributed by atoms with Crippen molar-refractivity contribution in [3.8, 4) is 0 Å². The summed E-state index contributed by atoms with van der Waals surface area (Å²) in [5, 5.41) is 2.43. The van der Waals surface area contributed by atoms with E-state index in [2.05, 4.69) is 10.1 Å². The first-order valence-corrected chi connectivity index (χ1v) is 9.51. The van der Waals surface area contributed by atoms with Gasteiger partial charge in [0.25, 0.3) is 0 Å². The van der Waals surface area contributed by atoms with Crippen LogP contribution in [0.15, 0.2) is 60.7 Å². The second kappa shape index (κ2) is 10.4. The Balaban J connectivity index is 1.88. The Morgan fingerprint density at radius 3 is 2.15 bits per heavy atom. The summed E-state index contributed by atoms with van der Waals surface area (Å²) in [5.41, 5.74) is 1.71. The molecule has 1 amide bonds. The summed E-state index contributed by atoms with van der Waals surface area (Å²) >= 11 is 0. The third kappa shape index (κ3) is 6.68. The van der Waals surface area contributed by atoms with Crippen LogP contribution >= 0.6 is 0 Å². The Morgan fingerprint density at radius 2 is 1.58 bits per heavy atom. The number of alkyl carbamates (subject to hydrolysis) is 1. The molecule has 1 N–H and O–H groups in total. The fourth-order valence-electron chi connectivity index (χ4n) is 2.22. The number of amides is 1. The topological polar surface area (TPSA) is 81.7 Å². The van der Waals surface area contributed by atoms with Crippen molar-refractivity contribution in [2.24, 2.45) is 0 Å². The molecule has 2 aromatic carbocycles. The zero-order valence-corrected chi connectivity index (χ0v) is 15.2. The fourth-order valence-corrected chi connectivity index (χ4v) is 3.50. The van der Waals surface area contributed by atoms with Gasteiger partial charge in [0.1, 0.15) is 12.6 Å². The van der Waals surface area contributed by atoms with Crippen molar-refractivity contribution in [1.29, 1.82) is 0 Å². The van der Waals surface area contributed by atoms with Crippen LogP contribution in [0.2, 0.25) is 0 Å². The van der Waals surface area contributed by atoms with Crippen molar-refractivity contribution in [3.05, 3.63) is 71.8 Å². The molecule has 0 heterocycles. The Bertz CT molecular complexity index is 736. The van der Waals surface area contributed by atoms with E-state index >= 15 is 0 Å². The molecule has 7 heteroatoms. The van der Waals surface area contributed by atoms with Gasteiger partial charge in [-0.05, 0) is 11.1 Å². The summed E-state index contributed by atoms with van der Waals surface area (Å²) < 4.78 is 22.1. The molecule has 0 saturated carbocycles. The lowest BCUT2D eigenvalue weighted by molar-refractivity contribution is -0.142. The van der Waals surface area contributed by atoms with Gasteiger partial charge in [-0.1, -0.05) is 60.7 Å². The highest BCUT2D eigenvalue weighted by Gasteiger charge is 2.24. The number of esters is 1. The first-order valence-electron chi connectivity index (χ1n) is 8.02. The number of ether oxygens (including phenoxy) is 2. The van der Waals surface area contributed by atoms with Crippen LogP contribution in [0, 0.1) is 0 Å². The molecule has 2 aromatic rings. The van der Waals surface area contributed by atoms with E-state index in [4.69, 9.17) is 4.74 Å². The Kier molecular flexibility index (Phi) is 7.82. The Labute approximate surface area is 155 Å². The van der Waals surface area contributed by atoms with Crippen molar-refractivity contribution in [3.63, 3.8) is 0 Å². The molecule has 0 aliphatic rings. The van der Waals surface area contributed by atoms with E-state index in [1.54, 1.807) is 0 Å². The monoisotopic (exact) mass is 375 g/mol. The SMILES string of the molecule is COC(=O)[C@H](CS(=O)Cc1ccccc1)NC(=O)OCc1ccccc1. The van der Waals surface area contributed by atoms with Crippen molar-refractivity contribution < 1.29 is 23.3 Å². The summed E-state index contributed by atoms with van der Waals surface area (Å²) in [5.74, 6) is -0.431. The van der Waals surface area contributed by atoms with Gasteiger partial charge in [0, 0.05) is 16.6 Å². The second-order valence-electron chi connectivity index (χ2n) is 5.52. The zero-order valence-electron chi connectivity index (χ0n) is 14.4. The largest absolute Gasteiger partial charge is 0.467 e. The average Bonchev–Trinajstić information content (AvgIpc) is 2.66. The number of benzene rings is 2. The molecule has 0 bridgehead atoms. The lowest BCUT2D eigenvalue weighted by atomic mass is 10.2. The highest BCUT2D eigenvalue weighted by atomic mass is 32.2. The summed E-state index contributed by atoms with van der Waals surface area (Å²) in [6, 6.07) is 17.4. The minimum atomic E-state index is -1.35. The van der Waals surface area contributed by atoms with Crippen LogP contribution in [-0.4, -0.2) is 35.2 Å². The van der Waals surface area contributed by atoms with Gasteiger partial charge in [-0.25, -0.2) is 9.59 Å². The molecule has 26 heavy (non-hydrogen) atoms. The molecular formula is C19H21NO5S. The first kappa shape index (κ1) is 19.7. The molecule has 0 spiro atoms. The summed E-state index contributed by atoms with van der Waals surface area (Å²) in [6.45, 7) is 0.0771. The number of nitrogens with one attached hydrogen (secondary N) is 1. The van der Waals surface area contributed by atoms with E-state index in [1.165, 1.54) is 7.11 Å². The summed E-state index contributed by atoms with van der Waals surface area (Å²) in [4.78, 5) is 23.8. The summed E-state index contributed by atoms with van der Waals surface area (Å²) in [6.07, 6.45) is -0.763. The fraction of sp³-hybridized carbons (Fsp3) is 0.263. The van der Waals surface area contributed by atoms with Gasteiger partial charge in [-0.3, -0.25) is 4.21 Å². The lowest BCUT2D eigenvalue weighted by Gasteiger charge is -2.16. The Hall–Kier alpha value is -2.67. The number of carbonyl (C=O) groups is 2. The first-order chi connectivity index (χ1) is 12.6. The van der Waals surface area contributed by atoms with Gasteiger partial charge in [0.2, 0.25) is 0 Å². The van der Waals surface area contributed by atoms with Gasteiger partial charge >= 0.3 is 12.1 Å². The van der Waals surface area contributed by atoms with Gasteiger partial charge < -0.3 is 14.8 Å². The quantitative estimate of drug-likeness (QED) is 0.717. The molecule has 0 aromatic heterocycles. The number of hydrogen-bond donors (Lipinski definition) is 1. The number of methoxy groups -OCH3 is 1. The van der Waals surface area contributed by atoms with E-state index in [9.17, 15) is 13.8 Å². The molecule has 0 radical (unpaired) electrons. The maximum absolute atomic E-state index is 12.3. The Morgan fingerprint density at radius 1 is 1.00 bits per heavy atom. The third-order valence-corrected chi connectivity index (χ3v) is 4.87. The maximum atomic E-state index is 12.3. The van der Waals surface area contributed by atoms with Crippen molar-refractivity contribution in [2.75, 3.05) is 12.9 Å². The molecule has 138 valence electrons. The van der Waals surface area contributed by atoms with Gasteiger partial charge in [-0.15, -0.1) is 0 Å². The second-order valence-corrected chi connectivity index (χ2v) is 7.02. The minimum absolute atomic E-state index is 0.0536. The number of carbonyl (C=O) groups excluding carboxylic acids is 2. The molecule has 0 saturated heterocycles. The molecule has 0 aliphatic carbocycles. The molecule has 6 nitrogen and oxygen atoms in total. The van der Waals surface area contributed by atoms with Crippen LogP contribution in [-0.2, 0) is 37.4 Å². The third-order valence-electron chi connectivity index (χ3n) is 3.51. The van der Waals surface area contributed by atoms with Gasteiger partial charge in [0.15, 0.2) is 0 Å². The van der Waals surface area contributed by atoms with E-state index in [1.807, 2.05) is 60.7 Å². The van der Waals surface area contributed by atoms with Crippen LogP contribution in [0.1, 0.15) is 11.1 Å². The highest BCUT2D eigenvalue weighted by Crippen LogP contribution is 2.06. The van der Waals surface area contributed by atoms with Crippen molar-refractivity contribution >= 4 is 22.9 Å². The van der Waals surface area contributed by atoms with Gasteiger partial charge in [0.05, 0.1) is 12.9 Å². The molecule has 0 aliphatic heterocycles. The zero-order chi connectivity index (χ0) is 18.8. The molecule has 2 rings (SSSR count). The van der Waals surface area contributed by atoms with Crippen LogP contribution < -0.4 is 5.32 Å². The number of rotatable bonds is 8. The van der Waals surface area contributed by atoms with E-state index < -0.39 is 28.9 Å². The maximum Gasteiger partial charge on any atom is 0.408 e. The predicted octanol–water partition coefficient (Wildman–Crippen LogP) is 2.40. The van der Waals surface area contributed by atoms with Crippen LogP contribution in [0.3, 0.4) is 0 Å². The van der Waals surface area contributed by atoms with Crippen LogP contribution in [0.4, 0.5) is 4.79 Å². The van der Waals surface area contributed by atoms with Gasteiger partial charge in [-0.2, -0.15) is 0 Å². The predicted molar refractivity (Wildman–Crippen MR) is 98.7 cm³/mol. The van der Waals surface area contributed by atoms with Crippen molar-refractivity contribution in [1.82, 2.24) is 5.32 Å². The molecular weight excluding hydrogens is 354 g/mol. The smallest absolute Gasteiger partial charge is 0.408 e. The van der Waals surface area contributed by atoms with E-state index in [0.29, 0.717) is 0 Å². The molecule has 1 unspecified atom stereocenters. The van der Waals surface area contributed by atoms with E-state index in [0.717, 1.165) is 11.1 Å². The molecule has 0 fully saturated rings. The van der Waals surface area contributed by atoms with Crippen LogP contribution in [0.5, 0.6) is 0 Å².